The summed E-state index contributed by atoms with van der Waals surface area (Å²) in [4.78, 5) is 23.3. The van der Waals surface area contributed by atoms with Crippen LogP contribution < -0.4 is 5.73 Å². The first-order valence-corrected chi connectivity index (χ1v) is 8.84. The summed E-state index contributed by atoms with van der Waals surface area (Å²) < 4.78 is 13.1. The average molecular weight is 362 g/mol. The largest absolute Gasteiger partial charge is 0.368 e. The molecule has 0 aliphatic carbocycles. The smallest absolute Gasteiger partial charge is 0.257 e. The van der Waals surface area contributed by atoms with E-state index in [2.05, 4.69) is 9.97 Å². The number of nitrogens with zero attached hydrogens (tertiary/aromatic N) is 3. The minimum absolute atomic E-state index is 0.113. The lowest BCUT2D eigenvalue weighted by Gasteiger charge is -2.18. The lowest BCUT2D eigenvalue weighted by Crippen LogP contribution is -2.29. The van der Waals surface area contributed by atoms with Gasteiger partial charge in [0.2, 0.25) is 5.95 Å². The fourth-order valence-corrected chi connectivity index (χ4v) is 3.49. The van der Waals surface area contributed by atoms with E-state index in [4.69, 9.17) is 5.73 Å². The van der Waals surface area contributed by atoms with Gasteiger partial charge >= 0.3 is 0 Å². The molecular formula is C21H19FN4O. The third-order valence-corrected chi connectivity index (χ3v) is 4.90. The normalized spacial score (nSPS) is 16.5. The Morgan fingerprint density at radius 2 is 1.85 bits per heavy atom. The Morgan fingerprint density at radius 3 is 2.59 bits per heavy atom. The van der Waals surface area contributed by atoms with Crippen LogP contribution in [0, 0.1) is 5.82 Å². The van der Waals surface area contributed by atoms with E-state index >= 15 is 0 Å². The molecule has 1 aliphatic rings. The fourth-order valence-electron chi connectivity index (χ4n) is 3.49. The summed E-state index contributed by atoms with van der Waals surface area (Å²) in [6, 6.07) is 16.0. The number of hydrogen-bond acceptors (Lipinski definition) is 4. The number of likely N-dealkylation sites (tertiary alicyclic amines) is 1. The van der Waals surface area contributed by atoms with Crippen LogP contribution in [0.5, 0.6) is 0 Å². The summed E-state index contributed by atoms with van der Waals surface area (Å²) in [6.07, 6.45) is 2.34. The Hall–Kier alpha value is -3.28. The van der Waals surface area contributed by atoms with Gasteiger partial charge in [0, 0.05) is 30.8 Å². The number of carbonyl (C=O) groups excluding carboxylic acids is 1. The third-order valence-electron chi connectivity index (χ3n) is 4.90. The van der Waals surface area contributed by atoms with Crippen molar-refractivity contribution in [1.82, 2.24) is 14.9 Å². The predicted molar refractivity (Wildman–Crippen MR) is 102 cm³/mol. The lowest BCUT2D eigenvalue weighted by molar-refractivity contribution is 0.0791. The molecule has 4 rings (SSSR count). The number of nitrogens with two attached hydrogens (primary N) is 1. The molecule has 1 saturated heterocycles. The number of benzene rings is 2. The number of halogens is 1. The molecule has 0 saturated carbocycles. The maximum absolute atomic E-state index is 13.1. The number of anilines is 1. The molecule has 0 radical (unpaired) electrons. The molecule has 1 aliphatic heterocycles. The summed E-state index contributed by atoms with van der Waals surface area (Å²) >= 11 is 0. The van der Waals surface area contributed by atoms with E-state index in [1.165, 1.54) is 18.3 Å². The van der Waals surface area contributed by atoms with Crippen molar-refractivity contribution >= 4 is 11.9 Å². The number of carbonyl (C=O) groups is 1. The van der Waals surface area contributed by atoms with Gasteiger partial charge in [-0.2, -0.15) is 0 Å². The van der Waals surface area contributed by atoms with Gasteiger partial charge in [-0.05, 0) is 24.1 Å². The second kappa shape index (κ2) is 7.15. The summed E-state index contributed by atoms with van der Waals surface area (Å²) in [5.74, 6) is -0.0323. The zero-order chi connectivity index (χ0) is 18.8. The van der Waals surface area contributed by atoms with E-state index in [1.54, 1.807) is 17.0 Å². The summed E-state index contributed by atoms with van der Waals surface area (Å²) in [5.41, 5.74) is 8.60. The van der Waals surface area contributed by atoms with Crippen molar-refractivity contribution in [2.75, 3.05) is 18.8 Å². The highest BCUT2D eigenvalue weighted by Gasteiger charge is 2.30. The first kappa shape index (κ1) is 17.1. The first-order valence-electron chi connectivity index (χ1n) is 8.84. The molecule has 0 bridgehead atoms. The Labute approximate surface area is 156 Å². The third kappa shape index (κ3) is 3.51. The van der Waals surface area contributed by atoms with Crippen molar-refractivity contribution in [2.45, 2.75) is 12.3 Å². The van der Waals surface area contributed by atoms with Gasteiger partial charge < -0.3 is 10.6 Å². The van der Waals surface area contributed by atoms with Crippen molar-refractivity contribution in [3.05, 3.63) is 77.7 Å². The molecule has 2 N–H and O–H groups in total. The Kier molecular flexibility index (Phi) is 4.54. The quantitative estimate of drug-likeness (QED) is 0.774. The fraction of sp³-hybridized carbons (Fsp3) is 0.190. The Morgan fingerprint density at radius 1 is 1.11 bits per heavy atom. The standard InChI is InChI=1S/C21H19FN4O/c22-17-8-6-14(7-9-17)16-10-11-26(13-16)20(27)18-12-24-21(23)25-19(18)15-4-2-1-3-5-15/h1-9,12,16H,10-11,13H2,(H2,23,24,25)/t16-/m1/s1. The van der Waals surface area contributed by atoms with Crippen LogP contribution in [0.1, 0.15) is 28.3 Å². The van der Waals surface area contributed by atoms with E-state index in [9.17, 15) is 9.18 Å². The van der Waals surface area contributed by atoms with E-state index < -0.39 is 0 Å². The van der Waals surface area contributed by atoms with Gasteiger partial charge in [0.05, 0.1) is 11.3 Å². The molecule has 2 aromatic carbocycles. The van der Waals surface area contributed by atoms with Crippen molar-refractivity contribution in [1.29, 1.82) is 0 Å². The zero-order valence-electron chi connectivity index (χ0n) is 14.7. The molecule has 0 unspecified atom stereocenters. The van der Waals surface area contributed by atoms with Crippen molar-refractivity contribution in [3.8, 4) is 11.3 Å². The van der Waals surface area contributed by atoms with E-state index in [-0.39, 0.29) is 23.6 Å². The minimum atomic E-state index is -0.254. The van der Waals surface area contributed by atoms with Gasteiger partial charge in [0.25, 0.3) is 5.91 Å². The van der Waals surface area contributed by atoms with Gasteiger partial charge in [0.1, 0.15) is 5.82 Å². The van der Waals surface area contributed by atoms with Crippen molar-refractivity contribution in [3.63, 3.8) is 0 Å². The van der Waals surface area contributed by atoms with Crippen LogP contribution in [0.4, 0.5) is 10.3 Å². The van der Waals surface area contributed by atoms with Gasteiger partial charge in [0.15, 0.2) is 0 Å². The van der Waals surface area contributed by atoms with E-state index in [1.807, 2.05) is 30.3 Å². The van der Waals surface area contributed by atoms with Gasteiger partial charge in [-0.1, -0.05) is 42.5 Å². The number of hydrogen-bond donors (Lipinski definition) is 1. The van der Waals surface area contributed by atoms with Gasteiger partial charge in [-0.3, -0.25) is 4.79 Å². The molecule has 5 nitrogen and oxygen atoms in total. The molecule has 136 valence electrons. The molecule has 2 heterocycles. The highest BCUT2D eigenvalue weighted by atomic mass is 19.1. The van der Waals surface area contributed by atoms with Crippen LogP contribution in [0.15, 0.2) is 60.8 Å². The topological polar surface area (TPSA) is 72.1 Å². The molecule has 3 aromatic rings. The molecule has 0 spiro atoms. The van der Waals surface area contributed by atoms with Crippen LogP contribution >= 0.6 is 0 Å². The molecular weight excluding hydrogens is 343 g/mol. The number of nitrogen functional groups attached to an aromatic ring is 1. The van der Waals surface area contributed by atoms with Crippen LogP contribution in [0.3, 0.4) is 0 Å². The first-order chi connectivity index (χ1) is 13.1. The second-order valence-corrected chi connectivity index (χ2v) is 6.64. The summed E-state index contributed by atoms with van der Waals surface area (Å²) in [6.45, 7) is 1.22. The van der Waals surface area contributed by atoms with E-state index in [0.29, 0.717) is 24.3 Å². The molecule has 6 heteroatoms. The summed E-state index contributed by atoms with van der Waals surface area (Å²) in [7, 11) is 0. The monoisotopic (exact) mass is 362 g/mol. The molecule has 1 aromatic heterocycles. The van der Waals surface area contributed by atoms with Crippen molar-refractivity contribution in [2.24, 2.45) is 0 Å². The zero-order valence-corrected chi connectivity index (χ0v) is 14.7. The molecule has 1 atom stereocenters. The van der Waals surface area contributed by atoms with Crippen LogP contribution in [-0.4, -0.2) is 33.9 Å². The van der Waals surface area contributed by atoms with E-state index in [0.717, 1.165) is 17.5 Å². The van der Waals surface area contributed by atoms with Gasteiger partial charge in [-0.25, -0.2) is 14.4 Å². The number of aromatic nitrogens is 2. The van der Waals surface area contributed by atoms with Crippen LogP contribution in [0.25, 0.3) is 11.3 Å². The molecule has 27 heavy (non-hydrogen) atoms. The minimum Gasteiger partial charge on any atom is -0.368 e. The predicted octanol–water partition coefficient (Wildman–Crippen LogP) is 3.49. The maximum Gasteiger partial charge on any atom is 0.257 e. The molecule has 1 fully saturated rings. The van der Waals surface area contributed by atoms with Crippen LogP contribution in [0.2, 0.25) is 0 Å². The van der Waals surface area contributed by atoms with Crippen LogP contribution in [-0.2, 0) is 0 Å². The summed E-state index contributed by atoms with van der Waals surface area (Å²) in [5, 5.41) is 0. The second-order valence-electron chi connectivity index (χ2n) is 6.64. The highest BCUT2D eigenvalue weighted by Crippen LogP contribution is 2.30. The number of rotatable bonds is 3. The Bertz CT molecular complexity index is 960. The molecule has 1 amide bonds. The maximum atomic E-state index is 13.1. The van der Waals surface area contributed by atoms with Gasteiger partial charge in [-0.15, -0.1) is 0 Å². The Balaban J connectivity index is 1.60. The highest BCUT2D eigenvalue weighted by molar-refractivity contribution is 6.00. The SMILES string of the molecule is Nc1ncc(C(=O)N2CC[C@@H](c3ccc(F)cc3)C2)c(-c2ccccc2)n1. The average Bonchev–Trinajstić information content (AvgIpc) is 3.19. The lowest BCUT2D eigenvalue weighted by atomic mass is 9.98. The number of amides is 1. The van der Waals surface area contributed by atoms with Crippen molar-refractivity contribution < 1.29 is 9.18 Å².